The van der Waals surface area contributed by atoms with Crippen LogP contribution in [0.2, 0.25) is 0 Å². The van der Waals surface area contributed by atoms with Gasteiger partial charge in [0, 0.05) is 0 Å². The van der Waals surface area contributed by atoms with E-state index in [9.17, 15) is 4.79 Å². The molecule has 0 atom stereocenters. The highest BCUT2D eigenvalue weighted by Crippen LogP contribution is 2.30. The fourth-order valence-electron chi connectivity index (χ4n) is 2.73. The lowest BCUT2D eigenvalue weighted by Crippen LogP contribution is -2.17. The second-order valence-corrected chi connectivity index (χ2v) is 7.02. The van der Waals surface area contributed by atoms with Crippen LogP contribution in [-0.2, 0) is 11.2 Å². The van der Waals surface area contributed by atoms with Crippen LogP contribution in [0.5, 0.6) is 11.5 Å². The molecule has 0 spiro atoms. The lowest BCUT2D eigenvalue weighted by molar-refractivity contribution is -0.136. The number of carbonyl (C=O) groups excluding carboxylic acids is 1. The Morgan fingerprint density at radius 2 is 1.67 bits per heavy atom. The number of hydrogen-bond donors (Lipinski definition) is 0. The second kappa shape index (κ2) is 9.38. The Labute approximate surface area is 168 Å². The summed E-state index contributed by atoms with van der Waals surface area (Å²) in [6.45, 7) is 2.00. The third kappa shape index (κ3) is 5.44. The van der Waals surface area contributed by atoms with Crippen LogP contribution in [0.1, 0.15) is 18.9 Å². The Morgan fingerprint density at radius 1 is 0.926 bits per heavy atom. The summed E-state index contributed by atoms with van der Waals surface area (Å²) in [6, 6.07) is 23.5. The zero-order valence-electron chi connectivity index (χ0n) is 15.2. The van der Waals surface area contributed by atoms with Gasteiger partial charge in [-0.15, -0.1) is 0 Å². The lowest BCUT2D eigenvalue weighted by Gasteiger charge is -2.10. The maximum atomic E-state index is 12.1. The molecule has 0 fully saturated rings. The van der Waals surface area contributed by atoms with Crippen LogP contribution in [0.4, 0.5) is 0 Å². The minimum Gasteiger partial charge on any atom is -0.482 e. The average Bonchev–Trinajstić information content (AvgIpc) is 2.70. The number of hydrogen-bond acceptors (Lipinski definition) is 3. The lowest BCUT2D eigenvalue weighted by atomic mass is 10.1. The third-order valence-corrected chi connectivity index (χ3v) is 4.70. The first kappa shape index (κ1) is 19.2. The van der Waals surface area contributed by atoms with Crippen LogP contribution < -0.4 is 9.47 Å². The van der Waals surface area contributed by atoms with Gasteiger partial charge in [-0.05, 0) is 63.3 Å². The average molecular weight is 425 g/mol. The van der Waals surface area contributed by atoms with E-state index in [-0.39, 0.29) is 6.61 Å². The first-order chi connectivity index (χ1) is 13.2. The van der Waals surface area contributed by atoms with Crippen LogP contribution in [0.15, 0.2) is 77.3 Å². The molecular formula is C23H21BrO3. The number of aryl methyl sites for hydroxylation is 1. The number of carbonyl (C=O) groups is 1. The van der Waals surface area contributed by atoms with E-state index in [1.54, 1.807) is 6.07 Å². The van der Waals surface area contributed by atoms with Crippen molar-refractivity contribution in [1.29, 1.82) is 0 Å². The molecule has 0 aliphatic carbocycles. The Balaban J connectivity index is 1.57. The third-order valence-electron chi connectivity index (χ3n) is 4.08. The van der Waals surface area contributed by atoms with Crippen molar-refractivity contribution in [2.24, 2.45) is 0 Å². The van der Waals surface area contributed by atoms with Crippen molar-refractivity contribution >= 4 is 21.9 Å². The molecule has 4 heteroatoms. The molecule has 3 aromatic rings. The van der Waals surface area contributed by atoms with Crippen molar-refractivity contribution in [3.8, 4) is 22.6 Å². The Kier molecular flexibility index (Phi) is 6.66. The highest BCUT2D eigenvalue weighted by atomic mass is 79.9. The van der Waals surface area contributed by atoms with Gasteiger partial charge in [-0.1, -0.05) is 61.9 Å². The van der Waals surface area contributed by atoms with Crippen molar-refractivity contribution in [2.75, 3.05) is 6.61 Å². The maximum absolute atomic E-state index is 12.1. The fraction of sp³-hybridized carbons (Fsp3) is 0.174. The maximum Gasteiger partial charge on any atom is 0.349 e. The zero-order chi connectivity index (χ0) is 19.1. The Morgan fingerprint density at radius 3 is 2.33 bits per heavy atom. The monoisotopic (exact) mass is 424 g/mol. The molecule has 0 bridgehead atoms. The summed E-state index contributed by atoms with van der Waals surface area (Å²) in [5, 5.41) is 0. The normalized spacial score (nSPS) is 10.4. The van der Waals surface area contributed by atoms with E-state index in [1.807, 2.05) is 66.7 Å². The van der Waals surface area contributed by atoms with Gasteiger partial charge in [0.2, 0.25) is 0 Å². The van der Waals surface area contributed by atoms with Crippen LogP contribution in [0.3, 0.4) is 0 Å². The van der Waals surface area contributed by atoms with Crippen molar-refractivity contribution in [2.45, 2.75) is 19.8 Å². The number of benzene rings is 3. The van der Waals surface area contributed by atoms with Gasteiger partial charge in [0.25, 0.3) is 0 Å². The number of ether oxygens (including phenoxy) is 2. The van der Waals surface area contributed by atoms with Gasteiger partial charge >= 0.3 is 5.97 Å². The van der Waals surface area contributed by atoms with Gasteiger partial charge in [-0.3, -0.25) is 0 Å². The minimum atomic E-state index is -0.444. The van der Waals surface area contributed by atoms with E-state index in [1.165, 1.54) is 5.56 Å². The predicted molar refractivity (Wildman–Crippen MR) is 111 cm³/mol. The van der Waals surface area contributed by atoms with Crippen LogP contribution in [-0.4, -0.2) is 12.6 Å². The van der Waals surface area contributed by atoms with Crippen molar-refractivity contribution < 1.29 is 14.3 Å². The largest absolute Gasteiger partial charge is 0.482 e. The SMILES string of the molecule is CCCc1ccc(OCC(=O)Oc2ccc(-c3ccccc3)cc2Br)cc1. The molecule has 138 valence electrons. The standard InChI is InChI=1S/C23H21BrO3/c1-2-6-17-9-12-20(13-10-17)26-16-23(25)27-22-14-11-19(15-21(22)24)18-7-4-3-5-8-18/h3-5,7-15H,2,6,16H2,1H3. The smallest absolute Gasteiger partial charge is 0.349 e. The van der Waals surface area contributed by atoms with Gasteiger partial charge in [0.15, 0.2) is 6.61 Å². The molecule has 27 heavy (non-hydrogen) atoms. The Bertz CT molecular complexity index is 889. The molecule has 0 aliphatic heterocycles. The van der Waals surface area contributed by atoms with E-state index in [4.69, 9.17) is 9.47 Å². The highest BCUT2D eigenvalue weighted by Gasteiger charge is 2.10. The van der Waals surface area contributed by atoms with Gasteiger partial charge in [0.1, 0.15) is 11.5 Å². The summed E-state index contributed by atoms with van der Waals surface area (Å²) in [5.41, 5.74) is 3.41. The summed E-state index contributed by atoms with van der Waals surface area (Å²) < 4.78 is 11.6. The number of esters is 1. The topological polar surface area (TPSA) is 35.5 Å². The van der Waals surface area contributed by atoms with Crippen molar-refractivity contribution in [3.05, 3.63) is 82.8 Å². The van der Waals surface area contributed by atoms with E-state index < -0.39 is 5.97 Å². The summed E-state index contributed by atoms with van der Waals surface area (Å²) in [4.78, 5) is 12.1. The molecule has 0 unspecified atom stereocenters. The molecule has 3 aromatic carbocycles. The molecule has 0 saturated carbocycles. The van der Waals surface area contributed by atoms with Gasteiger partial charge in [-0.2, -0.15) is 0 Å². The van der Waals surface area contributed by atoms with Gasteiger partial charge in [-0.25, -0.2) is 4.79 Å². The van der Waals surface area contributed by atoms with Gasteiger partial charge < -0.3 is 9.47 Å². The summed E-state index contributed by atoms with van der Waals surface area (Å²) in [6.07, 6.45) is 2.14. The summed E-state index contributed by atoms with van der Waals surface area (Å²) in [7, 11) is 0. The fourth-order valence-corrected chi connectivity index (χ4v) is 3.19. The first-order valence-electron chi connectivity index (χ1n) is 8.93. The summed E-state index contributed by atoms with van der Waals surface area (Å²) in [5.74, 6) is 0.688. The number of rotatable bonds is 7. The molecule has 3 rings (SSSR count). The molecule has 3 nitrogen and oxygen atoms in total. The Hall–Kier alpha value is -2.59. The molecule has 0 amide bonds. The minimum absolute atomic E-state index is 0.139. The van der Waals surface area contributed by atoms with Crippen LogP contribution >= 0.6 is 15.9 Å². The van der Waals surface area contributed by atoms with E-state index >= 15 is 0 Å². The van der Waals surface area contributed by atoms with Crippen molar-refractivity contribution in [1.82, 2.24) is 0 Å². The quantitative estimate of drug-likeness (QED) is 0.341. The zero-order valence-corrected chi connectivity index (χ0v) is 16.7. The van der Waals surface area contributed by atoms with Gasteiger partial charge in [0.05, 0.1) is 4.47 Å². The van der Waals surface area contributed by atoms with Crippen LogP contribution in [0, 0.1) is 0 Å². The molecule has 0 heterocycles. The predicted octanol–water partition coefficient (Wildman–Crippen LogP) is 6.05. The van der Waals surface area contributed by atoms with Crippen molar-refractivity contribution in [3.63, 3.8) is 0 Å². The molecule has 0 aromatic heterocycles. The molecule has 0 saturated heterocycles. The van der Waals surface area contributed by atoms with Crippen LogP contribution in [0.25, 0.3) is 11.1 Å². The molecule has 0 aliphatic rings. The van der Waals surface area contributed by atoms with E-state index in [0.29, 0.717) is 11.5 Å². The summed E-state index contributed by atoms with van der Waals surface area (Å²) >= 11 is 3.47. The number of halogens is 1. The molecule has 0 N–H and O–H groups in total. The van der Waals surface area contributed by atoms with E-state index in [2.05, 4.69) is 22.9 Å². The first-order valence-corrected chi connectivity index (χ1v) is 9.72. The molecule has 0 radical (unpaired) electrons. The highest BCUT2D eigenvalue weighted by molar-refractivity contribution is 9.10. The van der Waals surface area contributed by atoms with E-state index in [0.717, 1.165) is 28.4 Å². The second-order valence-electron chi connectivity index (χ2n) is 6.17. The molecular weight excluding hydrogens is 404 g/mol.